The molecule has 0 saturated heterocycles. The first-order valence-corrected chi connectivity index (χ1v) is 7.42. The van der Waals surface area contributed by atoms with Gasteiger partial charge in [-0.1, -0.05) is 0 Å². The molecule has 3 aliphatic rings. The Morgan fingerprint density at radius 3 is 3.00 bits per heavy atom. The van der Waals surface area contributed by atoms with Gasteiger partial charge in [0.15, 0.2) is 5.82 Å². The highest BCUT2D eigenvalue weighted by atomic mass is 19.1. The lowest BCUT2D eigenvalue weighted by molar-refractivity contribution is -0.0328. The Morgan fingerprint density at radius 2 is 2.26 bits per heavy atom. The number of allylic oxidation sites excluding steroid dienone is 3. The summed E-state index contributed by atoms with van der Waals surface area (Å²) in [5.41, 5.74) is 7.00. The number of alkyl halides is 1. The SMILES string of the molecule is CC1(F)CC(Oc2ncc(C3=CC4=CNNN4C=C3)cc2F)C1. The van der Waals surface area contributed by atoms with E-state index >= 15 is 0 Å². The Kier molecular flexibility index (Phi) is 3.12. The van der Waals surface area contributed by atoms with Gasteiger partial charge in [0.05, 0.1) is 5.70 Å². The lowest BCUT2D eigenvalue weighted by Crippen LogP contribution is -2.44. The molecule has 0 spiro atoms. The number of nitrogens with zero attached hydrogens (tertiary/aromatic N) is 2. The van der Waals surface area contributed by atoms with Crippen LogP contribution in [0.5, 0.6) is 5.88 Å². The van der Waals surface area contributed by atoms with E-state index in [1.54, 1.807) is 17.4 Å². The van der Waals surface area contributed by atoms with Gasteiger partial charge in [-0.3, -0.25) is 5.01 Å². The molecule has 5 nitrogen and oxygen atoms in total. The van der Waals surface area contributed by atoms with Crippen LogP contribution in [0.25, 0.3) is 5.57 Å². The van der Waals surface area contributed by atoms with Gasteiger partial charge in [0.25, 0.3) is 5.88 Å². The Bertz CT molecular complexity index is 734. The van der Waals surface area contributed by atoms with Gasteiger partial charge in [-0.25, -0.2) is 13.8 Å². The maximum Gasteiger partial charge on any atom is 0.250 e. The Morgan fingerprint density at radius 1 is 1.43 bits per heavy atom. The highest BCUT2D eigenvalue weighted by Gasteiger charge is 2.42. The molecule has 2 N–H and O–H groups in total. The fourth-order valence-electron chi connectivity index (χ4n) is 2.89. The summed E-state index contributed by atoms with van der Waals surface area (Å²) in [6.07, 6.45) is 9.20. The van der Waals surface area contributed by atoms with Gasteiger partial charge in [-0.15, -0.1) is 5.53 Å². The summed E-state index contributed by atoms with van der Waals surface area (Å²) in [6.45, 7) is 1.52. The van der Waals surface area contributed by atoms with Gasteiger partial charge in [0.2, 0.25) is 0 Å². The average molecular weight is 318 g/mol. The zero-order valence-electron chi connectivity index (χ0n) is 12.5. The largest absolute Gasteiger partial charge is 0.472 e. The lowest BCUT2D eigenvalue weighted by atomic mass is 9.81. The van der Waals surface area contributed by atoms with Gasteiger partial charge >= 0.3 is 0 Å². The standard InChI is InChI=1S/C16H16F2N4O/c1-16(18)6-13(7-16)23-15-14(17)5-11(8-19-15)10-2-3-22-12(4-10)9-20-21-22/h2-5,8-9,13,20-21H,6-7H2,1H3. The van der Waals surface area contributed by atoms with Crippen LogP contribution in [0.2, 0.25) is 0 Å². The van der Waals surface area contributed by atoms with E-state index in [-0.39, 0.29) is 24.8 Å². The second-order valence-corrected chi connectivity index (χ2v) is 6.18. The molecule has 1 aromatic heterocycles. The number of pyridine rings is 1. The van der Waals surface area contributed by atoms with Crippen molar-refractivity contribution in [2.75, 3.05) is 0 Å². The molecule has 1 aromatic rings. The van der Waals surface area contributed by atoms with Gasteiger partial charge < -0.3 is 10.2 Å². The Hall–Kier alpha value is -2.41. The highest BCUT2D eigenvalue weighted by molar-refractivity contribution is 5.77. The zero-order valence-corrected chi connectivity index (χ0v) is 12.5. The van der Waals surface area contributed by atoms with Crippen LogP contribution in [0.3, 0.4) is 0 Å². The molecule has 0 atom stereocenters. The molecule has 2 aliphatic heterocycles. The number of hydrogen-bond donors (Lipinski definition) is 2. The second kappa shape index (κ2) is 5.06. The fourth-order valence-corrected chi connectivity index (χ4v) is 2.89. The first-order valence-electron chi connectivity index (χ1n) is 7.42. The van der Waals surface area contributed by atoms with E-state index in [2.05, 4.69) is 15.9 Å². The van der Waals surface area contributed by atoms with Crippen molar-refractivity contribution in [1.29, 1.82) is 0 Å². The van der Waals surface area contributed by atoms with Crippen molar-refractivity contribution < 1.29 is 13.5 Å². The second-order valence-electron chi connectivity index (χ2n) is 6.18. The molecule has 1 aliphatic carbocycles. The van der Waals surface area contributed by atoms with Gasteiger partial charge in [0.1, 0.15) is 11.8 Å². The van der Waals surface area contributed by atoms with Gasteiger partial charge in [0, 0.05) is 37.0 Å². The van der Waals surface area contributed by atoms with Crippen LogP contribution >= 0.6 is 0 Å². The number of hydrazine groups is 2. The van der Waals surface area contributed by atoms with E-state index in [1.807, 2.05) is 18.4 Å². The minimum Gasteiger partial charge on any atom is -0.472 e. The van der Waals surface area contributed by atoms with E-state index in [1.165, 1.54) is 13.0 Å². The Labute approximate surface area is 132 Å². The number of fused-ring (bicyclic) bond motifs is 1. The molecular formula is C16H16F2N4O. The molecule has 0 amide bonds. The Balaban J connectivity index is 1.51. The molecular weight excluding hydrogens is 302 g/mol. The molecule has 1 fully saturated rings. The van der Waals surface area contributed by atoms with Crippen molar-refractivity contribution in [3.63, 3.8) is 0 Å². The predicted molar refractivity (Wildman–Crippen MR) is 80.7 cm³/mol. The van der Waals surface area contributed by atoms with Crippen LogP contribution in [-0.4, -0.2) is 21.8 Å². The van der Waals surface area contributed by atoms with Crippen molar-refractivity contribution in [3.8, 4) is 5.88 Å². The monoisotopic (exact) mass is 318 g/mol. The maximum absolute atomic E-state index is 14.2. The normalized spacial score (nSPS) is 28.5. The number of hydrogen-bond acceptors (Lipinski definition) is 5. The molecule has 1 saturated carbocycles. The van der Waals surface area contributed by atoms with E-state index in [4.69, 9.17) is 4.74 Å². The molecule has 0 radical (unpaired) electrons. The summed E-state index contributed by atoms with van der Waals surface area (Å²) >= 11 is 0. The van der Waals surface area contributed by atoms with Crippen molar-refractivity contribution in [1.82, 2.24) is 21.0 Å². The summed E-state index contributed by atoms with van der Waals surface area (Å²) in [4.78, 5) is 4.05. The molecule has 23 heavy (non-hydrogen) atoms. The summed E-state index contributed by atoms with van der Waals surface area (Å²) < 4.78 is 33.1. The van der Waals surface area contributed by atoms with E-state index in [0.29, 0.717) is 5.56 Å². The smallest absolute Gasteiger partial charge is 0.250 e. The van der Waals surface area contributed by atoms with Crippen LogP contribution in [-0.2, 0) is 0 Å². The predicted octanol–water partition coefficient (Wildman–Crippen LogP) is 2.57. The van der Waals surface area contributed by atoms with Gasteiger partial charge in [-0.05, 0) is 30.7 Å². The molecule has 120 valence electrons. The third kappa shape index (κ3) is 2.68. The van der Waals surface area contributed by atoms with Crippen molar-refractivity contribution in [2.45, 2.75) is 31.5 Å². The van der Waals surface area contributed by atoms with Crippen molar-refractivity contribution in [3.05, 3.63) is 53.9 Å². The van der Waals surface area contributed by atoms with Crippen molar-refractivity contribution >= 4 is 5.57 Å². The summed E-state index contributed by atoms with van der Waals surface area (Å²) in [5.74, 6) is -0.608. The average Bonchev–Trinajstić information content (AvgIpc) is 2.94. The number of nitrogens with one attached hydrogen (secondary N) is 2. The number of aromatic nitrogens is 1. The third-order valence-electron chi connectivity index (χ3n) is 4.12. The van der Waals surface area contributed by atoms with Crippen LogP contribution < -0.4 is 15.7 Å². The molecule has 0 bridgehead atoms. The number of ether oxygens (including phenoxy) is 1. The van der Waals surface area contributed by atoms with Gasteiger partial charge in [-0.2, -0.15) is 0 Å². The molecule has 0 unspecified atom stereocenters. The topological polar surface area (TPSA) is 49.4 Å². The van der Waals surface area contributed by atoms with E-state index in [9.17, 15) is 8.78 Å². The first-order chi connectivity index (χ1) is 11.0. The first kappa shape index (κ1) is 14.2. The lowest BCUT2D eigenvalue weighted by Gasteiger charge is -2.38. The summed E-state index contributed by atoms with van der Waals surface area (Å²) in [7, 11) is 0. The molecule has 4 rings (SSSR count). The molecule has 3 heterocycles. The summed E-state index contributed by atoms with van der Waals surface area (Å²) in [6, 6.07) is 1.39. The third-order valence-corrected chi connectivity index (χ3v) is 4.12. The number of halogens is 2. The quantitative estimate of drug-likeness (QED) is 0.897. The minimum atomic E-state index is -1.21. The summed E-state index contributed by atoms with van der Waals surface area (Å²) in [5, 5.41) is 1.80. The zero-order chi connectivity index (χ0) is 16.0. The van der Waals surface area contributed by atoms with Crippen LogP contribution in [0.4, 0.5) is 8.78 Å². The highest BCUT2D eigenvalue weighted by Crippen LogP contribution is 2.38. The number of rotatable bonds is 3. The fraction of sp³-hybridized carbons (Fsp3) is 0.312. The van der Waals surface area contributed by atoms with E-state index in [0.717, 1.165) is 11.3 Å². The minimum absolute atomic E-state index is 0.0697. The van der Waals surface area contributed by atoms with Crippen LogP contribution in [0.15, 0.2) is 42.5 Å². The van der Waals surface area contributed by atoms with E-state index < -0.39 is 11.5 Å². The molecule has 7 heteroatoms. The van der Waals surface area contributed by atoms with Crippen molar-refractivity contribution in [2.24, 2.45) is 0 Å². The molecule has 0 aromatic carbocycles. The van der Waals surface area contributed by atoms with Crippen LogP contribution in [0, 0.1) is 5.82 Å². The maximum atomic E-state index is 14.2. The van der Waals surface area contributed by atoms with Crippen LogP contribution in [0.1, 0.15) is 25.3 Å².